The number of nitrogens with zero attached hydrogens (tertiary/aromatic N) is 2. The van der Waals surface area contributed by atoms with Crippen LogP contribution in [-0.2, 0) is 13.0 Å². The Bertz CT molecular complexity index is 846. The van der Waals surface area contributed by atoms with Crippen LogP contribution in [-0.4, -0.2) is 9.55 Å². The third kappa shape index (κ3) is 2.07. The number of anilines is 1. The van der Waals surface area contributed by atoms with Gasteiger partial charge in [0.05, 0.1) is 5.56 Å². The summed E-state index contributed by atoms with van der Waals surface area (Å²) in [5, 5.41) is 10.4. The number of hydrogen-bond donors (Lipinski definition) is 2. The number of hydrogen-bond acceptors (Lipinski definition) is 2. The number of aromatic amines is 1. The standard InChI is InChI=1S/C17H18N4/c1-11-12(2)21(17(19)15(11)9-18)8-7-13-10-20-16-6-4-3-5-14(13)16/h3-6,10,20H,7-8,19H2,1-2H3. The lowest BCUT2D eigenvalue weighted by molar-refractivity contribution is 0.691. The highest BCUT2D eigenvalue weighted by atomic mass is 15.1. The average molecular weight is 278 g/mol. The lowest BCUT2D eigenvalue weighted by Gasteiger charge is -2.08. The van der Waals surface area contributed by atoms with Crippen LogP contribution in [0.4, 0.5) is 5.82 Å². The molecule has 0 radical (unpaired) electrons. The monoisotopic (exact) mass is 278 g/mol. The van der Waals surface area contributed by atoms with E-state index in [2.05, 4.69) is 29.4 Å². The van der Waals surface area contributed by atoms with Gasteiger partial charge < -0.3 is 15.3 Å². The Morgan fingerprint density at radius 2 is 2.05 bits per heavy atom. The molecule has 0 saturated heterocycles. The molecule has 3 rings (SSSR count). The maximum atomic E-state index is 9.18. The first-order valence-corrected chi connectivity index (χ1v) is 7.03. The quantitative estimate of drug-likeness (QED) is 0.771. The molecule has 21 heavy (non-hydrogen) atoms. The summed E-state index contributed by atoms with van der Waals surface area (Å²) < 4.78 is 2.04. The van der Waals surface area contributed by atoms with E-state index in [9.17, 15) is 5.26 Å². The van der Waals surface area contributed by atoms with E-state index in [1.807, 2.05) is 30.5 Å². The molecule has 0 unspecified atom stereocenters. The molecule has 4 nitrogen and oxygen atoms in total. The van der Waals surface area contributed by atoms with Crippen LogP contribution >= 0.6 is 0 Å². The van der Waals surface area contributed by atoms with Gasteiger partial charge in [0, 0.05) is 29.3 Å². The lowest BCUT2D eigenvalue weighted by atomic mass is 10.1. The number of H-pyrrole nitrogens is 1. The van der Waals surface area contributed by atoms with E-state index in [1.54, 1.807) is 0 Å². The van der Waals surface area contributed by atoms with Crippen molar-refractivity contribution >= 4 is 16.7 Å². The van der Waals surface area contributed by atoms with Gasteiger partial charge in [0.2, 0.25) is 0 Å². The number of aryl methyl sites for hydroxylation is 1. The van der Waals surface area contributed by atoms with E-state index in [0.717, 1.165) is 29.7 Å². The molecule has 0 aliphatic carbocycles. The van der Waals surface area contributed by atoms with E-state index < -0.39 is 0 Å². The van der Waals surface area contributed by atoms with Crippen molar-refractivity contribution in [3.8, 4) is 6.07 Å². The number of nitrogen functional groups attached to an aromatic ring is 1. The van der Waals surface area contributed by atoms with Crippen LogP contribution in [0.1, 0.15) is 22.4 Å². The van der Waals surface area contributed by atoms with Crippen molar-refractivity contribution in [2.45, 2.75) is 26.8 Å². The first kappa shape index (κ1) is 13.3. The zero-order valence-corrected chi connectivity index (χ0v) is 12.3. The molecule has 0 fully saturated rings. The van der Waals surface area contributed by atoms with Crippen LogP contribution in [0.3, 0.4) is 0 Å². The lowest BCUT2D eigenvalue weighted by Crippen LogP contribution is -2.07. The summed E-state index contributed by atoms with van der Waals surface area (Å²) in [7, 11) is 0. The maximum absolute atomic E-state index is 9.18. The van der Waals surface area contributed by atoms with Gasteiger partial charge in [0.25, 0.3) is 0 Å². The molecule has 106 valence electrons. The van der Waals surface area contributed by atoms with Crippen molar-refractivity contribution in [3.05, 3.63) is 52.8 Å². The number of nitriles is 1. The molecule has 0 spiro atoms. The molecule has 0 bridgehead atoms. The molecule has 2 heterocycles. The van der Waals surface area contributed by atoms with Crippen LogP contribution < -0.4 is 5.73 Å². The highest BCUT2D eigenvalue weighted by molar-refractivity contribution is 5.83. The summed E-state index contributed by atoms with van der Waals surface area (Å²) in [6.45, 7) is 4.75. The number of nitrogens with two attached hydrogens (primary N) is 1. The van der Waals surface area contributed by atoms with E-state index in [1.165, 1.54) is 10.9 Å². The number of para-hydroxylation sites is 1. The number of benzene rings is 1. The summed E-state index contributed by atoms with van der Waals surface area (Å²) in [6.07, 6.45) is 2.94. The Morgan fingerprint density at radius 3 is 2.76 bits per heavy atom. The normalized spacial score (nSPS) is 10.9. The molecule has 2 aromatic heterocycles. The van der Waals surface area contributed by atoms with E-state index >= 15 is 0 Å². The third-order valence-electron chi connectivity index (χ3n) is 4.26. The first-order chi connectivity index (χ1) is 10.1. The molecule has 0 saturated carbocycles. The Balaban J connectivity index is 1.91. The van der Waals surface area contributed by atoms with Crippen LogP contribution in [0.15, 0.2) is 30.5 Å². The second kappa shape index (κ2) is 5.02. The summed E-state index contributed by atoms with van der Waals surface area (Å²) >= 11 is 0. The Kier molecular flexibility index (Phi) is 3.19. The maximum Gasteiger partial charge on any atom is 0.122 e. The Hall–Kier alpha value is -2.67. The van der Waals surface area contributed by atoms with Gasteiger partial charge in [-0.1, -0.05) is 18.2 Å². The highest BCUT2D eigenvalue weighted by Crippen LogP contribution is 2.25. The predicted molar refractivity (Wildman–Crippen MR) is 85.0 cm³/mol. The number of aromatic nitrogens is 2. The minimum atomic E-state index is 0.576. The van der Waals surface area contributed by atoms with Crippen LogP contribution in [0.25, 0.3) is 10.9 Å². The second-order valence-corrected chi connectivity index (χ2v) is 5.34. The SMILES string of the molecule is Cc1c(C#N)c(N)n(CCc2c[nH]c3ccccc23)c1C. The van der Waals surface area contributed by atoms with Crippen molar-refractivity contribution < 1.29 is 0 Å². The summed E-state index contributed by atoms with van der Waals surface area (Å²) in [4.78, 5) is 3.29. The van der Waals surface area contributed by atoms with Crippen LogP contribution in [0, 0.1) is 25.2 Å². The molecule has 3 aromatic rings. The zero-order chi connectivity index (χ0) is 15.0. The molecular weight excluding hydrogens is 260 g/mol. The highest BCUT2D eigenvalue weighted by Gasteiger charge is 2.15. The van der Waals surface area contributed by atoms with Gasteiger partial charge in [-0.3, -0.25) is 0 Å². The average Bonchev–Trinajstić information content (AvgIpc) is 2.99. The summed E-state index contributed by atoms with van der Waals surface area (Å²) in [5.41, 5.74) is 11.2. The fourth-order valence-electron chi connectivity index (χ4n) is 2.89. The van der Waals surface area contributed by atoms with E-state index in [4.69, 9.17) is 5.73 Å². The molecule has 3 N–H and O–H groups in total. The smallest absolute Gasteiger partial charge is 0.122 e. The molecule has 0 aliphatic heterocycles. The van der Waals surface area contributed by atoms with Gasteiger partial charge in [-0.05, 0) is 37.5 Å². The van der Waals surface area contributed by atoms with Crippen molar-refractivity contribution in [2.24, 2.45) is 0 Å². The first-order valence-electron chi connectivity index (χ1n) is 7.03. The van der Waals surface area contributed by atoms with E-state index in [0.29, 0.717) is 11.4 Å². The third-order valence-corrected chi connectivity index (χ3v) is 4.26. The van der Waals surface area contributed by atoms with Crippen molar-refractivity contribution in [1.29, 1.82) is 5.26 Å². The number of fused-ring (bicyclic) bond motifs is 1. The number of nitrogens with one attached hydrogen (secondary N) is 1. The Morgan fingerprint density at radius 1 is 1.29 bits per heavy atom. The second-order valence-electron chi connectivity index (χ2n) is 5.34. The van der Waals surface area contributed by atoms with Crippen molar-refractivity contribution in [2.75, 3.05) is 5.73 Å². The molecular formula is C17H18N4. The van der Waals surface area contributed by atoms with Gasteiger partial charge in [0.1, 0.15) is 11.9 Å². The minimum Gasteiger partial charge on any atom is -0.384 e. The van der Waals surface area contributed by atoms with Crippen molar-refractivity contribution in [1.82, 2.24) is 9.55 Å². The fraction of sp³-hybridized carbons (Fsp3) is 0.235. The van der Waals surface area contributed by atoms with Gasteiger partial charge >= 0.3 is 0 Å². The van der Waals surface area contributed by atoms with Gasteiger partial charge in [-0.15, -0.1) is 0 Å². The minimum absolute atomic E-state index is 0.576. The molecule has 0 aliphatic rings. The van der Waals surface area contributed by atoms with Crippen molar-refractivity contribution in [3.63, 3.8) is 0 Å². The fourth-order valence-corrected chi connectivity index (χ4v) is 2.89. The van der Waals surface area contributed by atoms with Gasteiger partial charge in [0.15, 0.2) is 0 Å². The van der Waals surface area contributed by atoms with Gasteiger partial charge in [-0.2, -0.15) is 5.26 Å². The Labute approximate surface area is 123 Å². The predicted octanol–water partition coefficient (Wildman–Crippen LogP) is 3.28. The summed E-state index contributed by atoms with van der Waals surface area (Å²) in [5.74, 6) is 0.576. The molecule has 0 amide bonds. The molecule has 4 heteroatoms. The largest absolute Gasteiger partial charge is 0.384 e. The van der Waals surface area contributed by atoms with Crippen LogP contribution in [0.2, 0.25) is 0 Å². The topological polar surface area (TPSA) is 70.5 Å². The summed E-state index contributed by atoms with van der Waals surface area (Å²) in [6, 6.07) is 10.5. The van der Waals surface area contributed by atoms with Gasteiger partial charge in [-0.25, -0.2) is 0 Å². The zero-order valence-electron chi connectivity index (χ0n) is 12.3. The molecule has 0 atom stereocenters. The molecule has 1 aromatic carbocycles. The number of rotatable bonds is 3. The van der Waals surface area contributed by atoms with E-state index in [-0.39, 0.29) is 0 Å². The van der Waals surface area contributed by atoms with Crippen LogP contribution in [0.5, 0.6) is 0 Å².